The fraction of sp³-hybridized carbons (Fsp3) is 0.846. The van der Waals surface area contributed by atoms with Gasteiger partial charge in [0, 0.05) is 6.54 Å². The van der Waals surface area contributed by atoms with Gasteiger partial charge in [0.1, 0.15) is 6.04 Å². The molecule has 18 heavy (non-hydrogen) atoms. The van der Waals surface area contributed by atoms with Crippen molar-refractivity contribution in [2.45, 2.75) is 52.0 Å². The lowest BCUT2D eigenvalue weighted by molar-refractivity contribution is -0.145. The predicted octanol–water partition coefficient (Wildman–Crippen LogP) is 1.12. The average molecular weight is 256 g/mol. The Morgan fingerprint density at radius 2 is 1.83 bits per heavy atom. The summed E-state index contributed by atoms with van der Waals surface area (Å²) < 4.78 is 0. The van der Waals surface area contributed by atoms with Gasteiger partial charge in [0.2, 0.25) is 5.91 Å². The van der Waals surface area contributed by atoms with E-state index in [-0.39, 0.29) is 11.8 Å². The molecule has 1 amide bonds. The average Bonchev–Trinajstić information content (AvgIpc) is 2.35. The molecular formula is C13H24N2O3. The summed E-state index contributed by atoms with van der Waals surface area (Å²) >= 11 is 0. The Morgan fingerprint density at radius 3 is 2.22 bits per heavy atom. The molecule has 5 heteroatoms. The molecular weight excluding hydrogens is 232 g/mol. The monoisotopic (exact) mass is 256 g/mol. The Kier molecular flexibility index (Phi) is 5.14. The normalized spacial score (nSPS) is 20.4. The van der Waals surface area contributed by atoms with Gasteiger partial charge in [-0.05, 0) is 18.8 Å². The van der Waals surface area contributed by atoms with E-state index in [4.69, 9.17) is 10.8 Å². The fourth-order valence-electron chi connectivity index (χ4n) is 2.56. The molecule has 1 aliphatic rings. The number of aliphatic carboxylic acids is 1. The van der Waals surface area contributed by atoms with Crippen LogP contribution in [0.15, 0.2) is 0 Å². The van der Waals surface area contributed by atoms with Gasteiger partial charge in [-0.1, -0.05) is 33.1 Å². The van der Waals surface area contributed by atoms with Crippen LogP contribution >= 0.6 is 0 Å². The van der Waals surface area contributed by atoms with Crippen molar-refractivity contribution < 1.29 is 14.7 Å². The fourth-order valence-corrected chi connectivity index (χ4v) is 2.56. The number of carboxylic acid groups (broad SMARTS) is 1. The lowest BCUT2D eigenvalue weighted by atomic mass is 9.73. The topological polar surface area (TPSA) is 92.4 Å². The van der Waals surface area contributed by atoms with Crippen LogP contribution in [0.5, 0.6) is 0 Å². The van der Waals surface area contributed by atoms with Crippen LogP contribution < -0.4 is 11.1 Å². The summed E-state index contributed by atoms with van der Waals surface area (Å²) in [7, 11) is 0. The van der Waals surface area contributed by atoms with Crippen LogP contribution in [0.2, 0.25) is 0 Å². The van der Waals surface area contributed by atoms with E-state index < -0.39 is 17.4 Å². The van der Waals surface area contributed by atoms with Crippen LogP contribution in [0, 0.1) is 11.3 Å². The van der Waals surface area contributed by atoms with Crippen molar-refractivity contribution in [2.24, 2.45) is 17.1 Å². The molecule has 0 radical (unpaired) electrons. The zero-order chi connectivity index (χ0) is 13.8. The standard InChI is InChI=1S/C13H24N2O3/c1-9(2)10(11(16)17)15-12(18)13(8-14)6-4-3-5-7-13/h9-10H,3-8,14H2,1-2H3,(H,15,18)(H,16,17). The third-order valence-electron chi connectivity index (χ3n) is 3.90. The minimum Gasteiger partial charge on any atom is -0.480 e. The van der Waals surface area contributed by atoms with Crippen molar-refractivity contribution in [3.05, 3.63) is 0 Å². The third-order valence-corrected chi connectivity index (χ3v) is 3.90. The van der Waals surface area contributed by atoms with Crippen LogP contribution in [0.3, 0.4) is 0 Å². The summed E-state index contributed by atoms with van der Waals surface area (Å²) in [6, 6.07) is -0.831. The van der Waals surface area contributed by atoms with E-state index in [1.165, 1.54) is 0 Å². The minimum atomic E-state index is -0.985. The number of carbonyl (C=O) groups excluding carboxylic acids is 1. The highest BCUT2D eigenvalue weighted by molar-refractivity contribution is 5.87. The van der Waals surface area contributed by atoms with Gasteiger partial charge in [-0.2, -0.15) is 0 Å². The molecule has 104 valence electrons. The van der Waals surface area contributed by atoms with E-state index in [1.54, 1.807) is 13.8 Å². The molecule has 0 saturated heterocycles. The van der Waals surface area contributed by atoms with Crippen LogP contribution in [0.25, 0.3) is 0 Å². The molecule has 0 aromatic rings. The van der Waals surface area contributed by atoms with Gasteiger partial charge in [0.05, 0.1) is 5.41 Å². The zero-order valence-electron chi connectivity index (χ0n) is 11.2. The largest absolute Gasteiger partial charge is 0.480 e. The number of carboxylic acids is 1. The first-order valence-electron chi connectivity index (χ1n) is 6.67. The molecule has 0 aromatic heterocycles. The van der Waals surface area contributed by atoms with Gasteiger partial charge in [-0.3, -0.25) is 4.79 Å². The first kappa shape index (κ1) is 15.0. The van der Waals surface area contributed by atoms with Gasteiger partial charge in [0.15, 0.2) is 0 Å². The van der Waals surface area contributed by atoms with Crippen molar-refractivity contribution in [1.29, 1.82) is 0 Å². The van der Waals surface area contributed by atoms with E-state index >= 15 is 0 Å². The lowest BCUT2D eigenvalue weighted by Crippen LogP contribution is -2.53. The number of rotatable bonds is 5. The molecule has 4 N–H and O–H groups in total. The summed E-state index contributed by atoms with van der Waals surface area (Å²) in [6.45, 7) is 3.87. The molecule has 1 saturated carbocycles. The van der Waals surface area contributed by atoms with E-state index in [2.05, 4.69) is 5.32 Å². The second-order valence-electron chi connectivity index (χ2n) is 5.58. The van der Waals surface area contributed by atoms with E-state index in [0.29, 0.717) is 6.54 Å². The molecule has 0 spiro atoms. The van der Waals surface area contributed by atoms with Crippen molar-refractivity contribution in [1.82, 2.24) is 5.32 Å². The van der Waals surface area contributed by atoms with E-state index in [1.807, 2.05) is 0 Å². The number of nitrogens with one attached hydrogen (secondary N) is 1. The summed E-state index contributed by atoms with van der Waals surface area (Å²) in [4.78, 5) is 23.4. The predicted molar refractivity (Wildman–Crippen MR) is 69.0 cm³/mol. The smallest absolute Gasteiger partial charge is 0.326 e. The van der Waals surface area contributed by atoms with Gasteiger partial charge < -0.3 is 16.2 Å². The van der Waals surface area contributed by atoms with Crippen molar-refractivity contribution in [2.75, 3.05) is 6.54 Å². The highest BCUT2D eigenvalue weighted by Gasteiger charge is 2.40. The molecule has 1 atom stereocenters. The molecule has 0 aliphatic heterocycles. The second kappa shape index (κ2) is 6.18. The second-order valence-corrected chi connectivity index (χ2v) is 5.58. The summed E-state index contributed by atoms with van der Waals surface area (Å²) in [6.07, 6.45) is 4.63. The Labute approximate surface area is 108 Å². The van der Waals surface area contributed by atoms with Crippen molar-refractivity contribution in [3.63, 3.8) is 0 Å². The maximum Gasteiger partial charge on any atom is 0.326 e. The van der Waals surface area contributed by atoms with Crippen LogP contribution in [-0.2, 0) is 9.59 Å². The molecule has 1 unspecified atom stereocenters. The highest BCUT2D eigenvalue weighted by atomic mass is 16.4. The number of carbonyl (C=O) groups is 2. The molecule has 1 aliphatic carbocycles. The zero-order valence-corrected chi connectivity index (χ0v) is 11.2. The van der Waals surface area contributed by atoms with E-state index in [9.17, 15) is 9.59 Å². The van der Waals surface area contributed by atoms with Gasteiger partial charge in [0.25, 0.3) is 0 Å². The SMILES string of the molecule is CC(C)C(NC(=O)C1(CN)CCCCC1)C(=O)O. The number of hydrogen-bond acceptors (Lipinski definition) is 3. The Hall–Kier alpha value is -1.10. The lowest BCUT2D eigenvalue weighted by Gasteiger charge is -2.36. The highest BCUT2D eigenvalue weighted by Crippen LogP contribution is 2.35. The summed E-state index contributed by atoms with van der Waals surface area (Å²) in [5.41, 5.74) is 5.20. The van der Waals surface area contributed by atoms with Gasteiger partial charge in [-0.15, -0.1) is 0 Å². The van der Waals surface area contributed by atoms with Crippen LogP contribution in [-0.4, -0.2) is 29.6 Å². The maximum absolute atomic E-state index is 12.3. The van der Waals surface area contributed by atoms with Gasteiger partial charge >= 0.3 is 5.97 Å². The number of hydrogen-bond donors (Lipinski definition) is 3. The molecule has 0 heterocycles. The Bertz CT molecular complexity index is 309. The molecule has 0 aromatic carbocycles. The first-order chi connectivity index (χ1) is 8.43. The van der Waals surface area contributed by atoms with E-state index in [0.717, 1.165) is 32.1 Å². The van der Waals surface area contributed by atoms with Gasteiger partial charge in [-0.25, -0.2) is 4.79 Å². The van der Waals surface area contributed by atoms with Crippen LogP contribution in [0.1, 0.15) is 46.0 Å². The molecule has 1 fully saturated rings. The Morgan fingerprint density at radius 1 is 1.28 bits per heavy atom. The molecule has 5 nitrogen and oxygen atoms in total. The van der Waals surface area contributed by atoms with Crippen molar-refractivity contribution in [3.8, 4) is 0 Å². The summed E-state index contributed by atoms with van der Waals surface area (Å²) in [5.74, 6) is -1.31. The van der Waals surface area contributed by atoms with Crippen molar-refractivity contribution >= 4 is 11.9 Å². The maximum atomic E-state index is 12.3. The molecule has 1 rings (SSSR count). The minimum absolute atomic E-state index is 0.134. The first-order valence-corrected chi connectivity index (χ1v) is 6.67. The summed E-state index contributed by atoms with van der Waals surface area (Å²) in [5, 5.41) is 11.8. The van der Waals surface area contributed by atoms with Crippen LogP contribution in [0.4, 0.5) is 0 Å². The number of nitrogens with two attached hydrogens (primary N) is 1. The number of amides is 1. The molecule has 0 bridgehead atoms. The Balaban J connectivity index is 2.75. The quantitative estimate of drug-likeness (QED) is 0.687. The third kappa shape index (κ3) is 3.22.